The first-order valence-electron chi connectivity index (χ1n) is 4.23. The van der Waals surface area contributed by atoms with Crippen LogP contribution in [0.5, 0.6) is 0 Å². The molecule has 0 aromatic rings. The lowest BCUT2D eigenvalue weighted by Crippen LogP contribution is -2.63. The fourth-order valence-electron chi connectivity index (χ4n) is 1.97. The number of fused-ring (bicyclic) bond motifs is 1. The van der Waals surface area contributed by atoms with Crippen molar-refractivity contribution in [2.24, 2.45) is 0 Å². The van der Waals surface area contributed by atoms with Crippen molar-refractivity contribution in [1.82, 2.24) is 4.90 Å². The zero-order chi connectivity index (χ0) is 10.7. The van der Waals surface area contributed by atoms with Crippen LogP contribution in [0.1, 0.15) is 13.8 Å². The van der Waals surface area contributed by atoms with Crippen LogP contribution in [0.4, 0.5) is 0 Å². The van der Waals surface area contributed by atoms with E-state index in [0.717, 1.165) is 0 Å². The SMILES string of the molecule is CC1(C)S[C@H]2[C@@H](Br)C(=O)N2[C@@H]1C(=O)O. The molecule has 0 unspecified atom stereocenters. The van der Waals surface area contributed by atoms with Gasteiger partial charge in [-0.05, 0) is 13.8 Å². The first kappa shape index (κ1) is 10.3. The predicted octanol–water partition coefficient (Wildman–Crippen LogP) is 0.897. The summed E-state index contributed by atoms with van der Waals surface area (Å²) in [5.41, 5.74) is 0. The Kier molecular flexibility index (Phi) is 2.12. The largest absolute Gasteiger partial charge is 0.480 e. The third kappa shape index (κ3) is 1.13. The summed E-state index contributed by atoms with van der Waals surface area (Å²) < 4.78 is -0.408. The van der Waals surface area contributed by atoms with Crippen LogP contribution in [-0.2, 0) is 9.59 Å². The standard InChI is InChI=1S/C8H10BrNO3S/c1-8(2)4(7(12)13)10-5(11)3(9)6(10)14-8/h3-4,6H,1-2H3,(H,12,13)/t3-,4+,6-/m0/s1. The van der Waals surface area contributed by atoms with Gasteiger partial charge in [0.25, 0.3) is 0 Å². The average Bonchev–Trinajstić information content (AvgIpc) is 2.34. The average molecular weight is 280 g/mol. The molecule has 0 spiro atoms. The molecule has 2 rings (SSSR count). The van der Waals surface area contributed by atoms with E-state index in [9.17, 15) is 9.59 Å². The zero-order valence-corrected chi connectivity index (χ0v) is 10.1. The van der Waals surface area contributed by atoms with Crippen molar-refractivity contribution in [3.63, 3.8) is 0 Å². The number of carboxylic acid groups (broad SMARTS) is 1. The van der Waals surface area contributed by atoms with Crippen LogP contribution in [0, 0.1) is 0 Å². The lowest BCUT2D eigenvalue weighted by Gasteiger charge is -2.40. The Bertz CT molecular complexity index is 320. The molecule has 2 aliphatic heterocycles. The van der Waals surface area contributed by atoms with Crippen molar-refractivity contribution in [2.45, 2.75) is 34.8 Å². The van der Waals surface area contributed by atoms with Gasteiger partial charge < -0.3 is 10.0 Å². The molecular formula is C8H10BrNO3S. The van der Waals surface area contributed by atoms with Crippen molar-refractivity contribution in [1.29, 1.82) is 0 Å². The number of hydrogen-bond donors (Lipinski definition) is 1. The molecule has 4 nitrogen and oxygen atoms in total. The van der Waals surface area contributed by atoms with Crippen LogP contribution in [0.25, 0.3) is 0 Å². The number of hydrogen-bond acceptors (Lipinski definition) is 3. The number of nitrogens with zero attached hydrogens (tertiary/aromatic N) is 1. The second kappa shape index (κ2) is 2.88. The van der Waals surface area contributed by atoms with Crippen LogP contribution in [0.15, 0.2) is 0 Å². The Labute approximate surface area is 94.1 Å². The van der Waals surface area contributed by atoms with Gasteiger partial charge in [-0.3, -0.25) is 4.79 Å². The molecule has 2 aliphatic rings. The highest BCUT2D eigenvalue weighted by Crippen LogP contribution is 2.52. The molecule has 0 bridgehead atoms. The van der Waals surface area contributed by atoms with Crippen molar-refractivity contribution in [3.05, 3.63) is 0 Å². The number of aliphatic carboxylic acids is 1. The van der Waals surface area contributed by atoms with Gasteiger partial charge in [0.05, 0.1) is 0 Å². The van der Waals surface area contributed by atoms with E-state index >= 15 is 0 Å². The number of β-lactam (4-membered cyclic amide) rings is 1. The summed E-state index contributed by atoms with van der Waals surface area (Å²) in [6, 6.07) is -0.696. The summed E-state index contributed by atoms with van der Waals surface area (Å²) in [5, 5.41) is 9.04. The first-order valence-corrected chi connectivity index (χ1v) is 6.02. The van der Waals surface area contributed by atoms with Crippen LogP contribution in [0.2, 0.25) is 0 Å². The molecule has 0 radical (unpaired) electrons. The number of carbonyl (C=O) groups is 2. The predicted molar refractivity (Wildman–Crippen MR) is 56.4 cm³/mol. The van der Waals surface area contributed by atoms with Gasteiger partial charge in [-0.25, -0.2) is 4.79 Å². The second-order valence-corrected chi connectivity index (χ2v) is 6.76. The minimum atomic E-state index is -0.919. The van der Waals surface area contributed by atoms with Gasteiger partial charge in [-0.15, -0.1) is 11.8 Å². The van der Waals surface area contributed by atoms with Crippen LogP contribution in [-0.4, -0.2) is 42.9 Å². The van der Waals surface area contributed by atoms with E-state index in [2.05, 4.69) is 15.9 Å². The molecular weight excluding hydrogens is 270 g/mol. The van der Waals surface area contributed by atoms with Gasteiger partial charge in [-0.2, -0.15) is 0 Å². The van der Waals surface area contributed by atoms with E-state index in [-0.39, 0.29) is 16.1 Å². The molecule has 3 atom stereocenters. The Hall–Kier alpha value is -0.230. The van der Waals surface area contributed by atoms with E-state index < -0.39 is 16.8 Å². The summed E-state index contributed by atoms with van der Waals surface area (Å²) >= 11 is 4.80. The van der Waals surface area contributed by atoms with Crippen LogP contribution in [0.3, 0.4) is 0 Å². The summed E-state index contributed by atoms with van der Waals surface area (Å²) in [7, 11) is 0. The number of thioether (sulfide) groups is 1. The fourth-order valence-corrected chi connectivity index (χ4v) is 4.32. The van der Waals surface area contributed by atoms with E-state index in [1.165, 1.54) is 4.90 Å². The molecule has 2 fully saturated rings. The normalized spacial score (nSPS) is 39.2. The molecule has 2 saturated heterocycles. The van der Waals surface area contributed by atoms with Gasteiger partial charge >= 0.3 is 5.97 Å². The summed E-state index contributed by atoms with van der Waals surface area (Å²) in [6.07, 6.45) is 0. The number of carboxylic acids is 1. The fraction of sp³-hybridized carbons (Fsp3) is 0.750. The molecule has 1 N–H and O–H groups in total. The maximum atomic E-state index is 11.4. The highest BCUT2D eigenvalue weighted by Gasteiger charge is 2.62. The highest BCUT2D eigenvalue weighted by molar-refractivity contribution is 9.10. The number of carbonyl (C=O) groups excluding carboxylic acids is 1. The molecule has 0 aromatic carbocycles. The van der Waals surface area contributed by atoms with E-state index in [4.69, 9.17) is 5.11 Å². The number of halogens is 1. The minimum Gasteiger partial charge on any atom is -0.480 e. The molecule has 6 heteroatoms. The molecule has 14 heavy (non-hydrogen) atoms. The summed E-state index contributed by atoms with van der Waals surface area (Å²) in [5.74, 6) is -1.03. The summed E-state index contributed by atoms with van der Waals surface area (Å²) in [4.78, 5) is 23.7. The van der Waals surface area contributed by atoms with Crippen LogP contribution < -0.4 is 0 Å². The quantitative estimate of drug-likeness (QED) is 0.572. The van der Waals surface area contributed by atoms with Crippen molar-refractivity contribution in [2.75, 3.05) is 0 Å². The van der Waals surface area contributed by atoms with Gasteiger partial charge in [0.1, 0.15) is 16.2 Å². The van der Waals surface area contributed by atoms with Gasteiger partial charge in [0, 0.05) is 4.75 Å². The maximum absolute atomic E-state index is 11.4. The first-order chi connectivity index (χ1) is 6.36. The maximum Gasteiger partial charge on any atom is 0.327 e. The zero-order valence-electron chi connectivity index (χ0n) is 7.73. The third-order valence-corrected chi connectivity index (χ3v) is 5.42. The Morgan fingerprint density at radius 3 is 2.71 bits per heavy atom. The number of amides is 1. The molecule has 78 valence electrons. The number of rotatable bonds is 1. The van der Waals surface area contributed by atoms with E-state index in [1.807, 2.05) is 13.8 Å². The Balaban J connectivity index is 2.32. The molecule has 2 heterocycles. The lowest BCUT2D eigenvalue weighted by atomic mass is 9.98. The van der Waals surface area contributed by atoms with E-state index in [0.29, 0.717) is 0 Å². The Morgan fingerprint density at radius 2 is 2.21 bits per heavy atom. The highest BCUT2D eigenvalue weighted by atomic mass is 79.9. The van der Waals surface area contributed by atoms with Crippen molar-refractivity contribution >= 4 is 39.6 Å². The monoisotopic (exact) mass is 279 g/mol. The van der Waals surface area contributed by atoms with Gasteiger partial charge in [0.15, 0.2) is 0 Å². The van der Waals surface area contributed by atoms with Crippen molar-refractivity contribution in [3.8, 4) is 0 Å². The molecule has 0 saturated carbocycles. The Morgan fingerprint density at radius 1 is 1.64 bits per heavy atom. The second-order valence-electron chi connectivity index (χ2n) is 4.00. The van der Waals surface area contributed by atoms with Crippen molar-refractivity contribution < 1.29 is 14.7 Å². The molecule has 0 aliphatic carbocycles. The summed E-state index contributed by atoms with van der Waals surface area (Å²) in [6.45, 7) is 3.73. The number of alkyl halides is 1. The van der Waals surface area contributed by atoms with Gasteiger partial charge in [-0.1, -0.05) is 15.9 Å². The lowest BCUT2D eigenvalue weighted by molar-refractivity contribution is -0.156. The molecule has 0 aromatic heterocycles. The molecule has 1 amide bonds. The smallest absolute Gasteiger partial charge is 0.327 e. The third-order valence-electron chi connectivity index (χ3n) is 2.61. The minimum absolute atomic E-state index is 0.0152. The topological polar surface area (TPSA) is 57.6 Å². The van der Waals surface area contributed by atoms with E-state index in [1.54, 1.807) is 11.8 Å². The van der Waals surface area contributed by atoms with Gasteiger partial charge in [0.2, 0.25) is 5.91 Å². The van der Waals surface area contributed by atoms with Crippen LogP contribution >= 0.6 is 27.7 Å².